The molecule has 0 aromatic heterocycles. The third-order valence-electron chi connectivity index (χ3n) is 3.08. The first kappa shape index (κ1) is 17.3. The Morgan fingerprint density at radius 2 is 2.10 bits per heavy atom. The summed E-state index contributed by atoms with van der Waals surface area (Å²) in [6.07, 6.45) is 1.41. The molecule has 1 N–H and O–H groups in total. The Bertz CT molecular complexity index is 396. The summed E-state index contributed by atoms with van der Waals surface area (Å²) >= 11 is 6.13. The predicted octanol–water partition coefficient (Wildman–Crippen LogP) is 3.70. The monoisotopic (exact) mass is 298 g/mol. The molecular formula is C16H27ClN2O. The summed E-state index contributed by atoms with van der Waals surface area (Å²) in [5.41, 5.74) is 2.45. The van der Waals surface area contributed by atoms with Crippen molar-refractivity contribution >= 4 is 17.3 Å². The molecule has 1 rings (SSSR count). The van der Waals surface area contributed by atoms with Gasteiger partial charge >= 0.3 is 0 Å². The van der Waals surface area contributed by atoms with E-state index in [0.29, 0.717) is 0 Å². The molecule has 0 amide bonds. The lowest BCUT2D eigenvalue weighted by Crippen LogP contribution is -2.26. The largest absolute Gasteiger partial charge is 0.377 e. The van der Waals surface area contributed by atoms with Crippen LogP contribution in [0.25, 0.3) is 0 Å². The number of nitrogens with zero attached hydrogens (tertiary/aromatic N) is 1. The smallest absolute Gasteiger partial charge is 0.0644 e. The van der Waals surface area contributed by atoms with E-state index in [1.807, 2.05) is 12.1 Å². The number of hydrogen-bond acceptors (Lipinski definition) is 3. The van der Waals surface area contributed by atoms with Gasteiger partial charge in [-0.3, -0.25) is 0 Å². The summed E-state index contributed by atoms with van der Waals surface area (Å²) < 4.78 is 5.61. The SMILES string of the molecule is CCCNCc1ccc(Cl)cc1N(C)CCOC(C)C. The van der Waals surface area contributed by atoms with E-state index in [0.717, 1.165) is 37.7 Å². The first-order valence-electron chi connectivity index (χ1n) is 7.36. The standard InChI is InChI=1S/C16H27ClN2O/c1-5-8-18-12-14-6-7-15(17)11-16(14)19(4)9-10-20-13(2)3/h6-7,11,13,18H,5,8-10,12H2,1-4H3. The van der Waals surface area contributed by atoms with Crippen molar-refractivity contribution in [3.63, 3.8) is 0 Å². The second kappa shape index (κ2) is 9.22. The van der Waals surface area contributed by atoms with Gasteiger partial charge in [0.05, 0.1) is 12.7 Å². The van der Waals surface area contributed by atoms with E-state index in [1.165, 1.54) is 11.3 Å². The van der Waals surface area contributed by atoms with Gasteiger partial charge in [0.25, 0.3) is 0 Å². The average Bonchev–Trinajstić information content (AvgIpc) is 2.40. The molecule has 0 spiro atoms. The molecule has 1 aromatic carbocycles. The molecule has 4 heteroatoms. The molecule has 0 unspecified atom stereocenters. The van der Waals surface area contributed by atoms with Gasteiger partial charge in [-0.15, -0.1) is 0 Å². The Labute approximate surface area is 128 Å². The Morgan fingerprint density at radius 1 is 1.35 bits per heavy atom. The van der Waals surface area contributed by atoms with Gasteiger partial charge in [0.15, 0.2) is 0 Å². The number of anilines is 1. The van der Waals surface area contributed by atoms with Crippen molar-refractivity contribution in [1.29, 1.82) is 0 Å². The van der Waals surface area contributed by atoms with Gasteiger partial charge in [-0.2, -0.15) is 0 Å². The molecule has 0 aliphatic heterocycles. The highest BCUT2D eigenvalue weighted by Gasteiger charge is 2.08. The molecule has 1 aromatic rings. The molecule has 0 saturated carbocycles. The minimum absolute atomic E-state index is 0.272. The molecule has 0 atom stereocenters. The van der Waals surface area contributed by atoms with Crippen molar-refractivity contribution < 1.29 is 4.74 Å². The fourth-order valence-corrected chi connectivity index (χ4v) is 2.15. The van der Waals surface area contributed by atoms with Crippen LogP contribution in [-0.2, 0) is 11.3 Å². The van der Waals surface area contributed by atoms with E-state index in [2.05, 4.69) is 44.1 Å². The zero-order valence-electron chi connectivity index (χ0n) is 13.1. The fourth-order valence-electron chi connectivity index (χ4n) is 1.99. The molecule has 0 bridgehead atoms. The highest BCUT2D eigenvalue weighted by atomic mass is 35.5. The van der Waals surface area contributed by atoms with Crippen LogP contribution in [0.1, 0.15) is 32.8 Å². The minimum Gasteiger partial charge on any atom is -0.377 e. The van der Waals surface area contributed by atoms with E-state index in [-0.39, 0.29) is 6.10 Å². The summed E-state index contributed by atoms with van der Waals surface area (Å²) in [5.74, 6) is 0. The lowest BCUT2D eigenvalue weighted by Gasteiger charge is -2.23. The van der Waals surface area contributed by atoms with Gasteiger partial charge in [-0.1, -0.05) is 24.6 Å². The third-order valence-corrected chi connectivity index (χ3v) is 3.31. The average molecular weight is 299 g/mol. The van der Waals surface area contributed by atoms with Crippen LogP contribution < -0.4 is 10.2 Å². The van der Waals surface area contributed by atoms with E-state index in [1.54, 1.807) is 0 Å². The Balaban J connectivity index is 2.66. The van der Waals surface area contributed by atoms with Crippen LogP contribution in [0.15, 0.2) is 18.2 Å². The van der Waals surface area contributed by atoms with Gasteiger partial charge in [-0.25, -0.2) is 0 Å². The van der Waals surface area contributed by atoms with Crippen molar-refractivity contribution in [3.05, 3.63) is 28.8 Å². The number of halogens is 1. The number of rotatable bonds is 9. The van der Waals surface area contributed by atoms with Crippen LogP contribution in [0.4, 0.5) is 5.69 Å². The van der Waals surface area contributed by atoms with Crippen molar-refractivity contribution in [3.8, 4) is 0 Å². The number of hydrogen-bond donors (Lipinski definition) is 1. The molecular weight excluding hydrogens is 272 g/mol. The quantitative estimate of drug-likeness (QED) is 0.704. The molecule has 0 radical (unpaired) electrons. The van der Waals surface area contributed by atoms with Gasteiger partial charge < -0.3 is 15.0 Å². The summed E-state index contributed by atoms with van der Waals surface area (Å²) in [6.45, 7) is 9.77. The summed E-state index contributed by atoms with van der Waals surface area (Å²) in [4.78, 5) is 2.21. The molecule has 0 aliphatic carbocycles. The lowest BCUT2D eigenvalue weighted by atomic mass is 10.1. The zero-order chi connectivity index (χ0) is 15.0. The van der Waals surface area contributed by atoms with Crippen LogP contribution >= 0.6 is 11.6 Å². The minimum atomic E-state index is 0.272. The summed E-state index contributed by atoms with van der Waals surface area (Å²) in [6, 6.07) is 6.08. The maximum atomic E-state index is 6.13. The first-order valence-corrected chi connectivity index (χ1v) is 7.74. The van der Waals surface area contributed by atoms with E-state index in [9.17, 15) is 0 Å². The van der Waals surface area contributed by atoms with Crippen LogP contribution in [-0.4, -0.2) is 32.8 Å². The van der Waals surface area contributed by atoms with Crippen molar-refractivity contribution in [1.82, 2.24) is 5.32 Å². The van der Waals surface area contributed by atoms with E-state index < -0.39 is 0 Å². The molecule has 3 nitrogen and oxygen atoms in total. The van der Waals surface area contributed by atoms with Crippen molar-refractivity contribution in [2.45, 2.75) is 39.8 Å². The Kier molecular flexibility index (Phi) is 7.97. The van der Waals surface area contributed by atoms with Crippen LogP contribution in [0.3, 0.4) is 0 Å². The fraction of sp³-hybridized carbons (Fsp3) is 0.625. The number of likely N-dealkylation sites (N-methyl/N-ethyl adjacent to an activating group) is 1. The molecule has 0 saturated heterocycles. The lowest BCUT2D eigenvalue weighted by molar-refractivity contribution is 0.0846. The summed E-state index contributed by atoms with van der Waals surface area (Å²) in [5, 5.41) is 4.21. The van der Waals surface area contributed by atoms with E-state index in [4.69, 9.17) is 16.3 Å². The summed E-state index contributed by atoms with van der Waals surface area (Å²) in [7, 11) is 2.08. The second-order valence-corrected chi connectivity index (χ2v) is 5.73. The number of benzene rings is 1. The van der Waals surface area contributed by atoms with Crippen molar-refractivity contribution in [2.75, 3.05) is 31.6 Å². The topological polar surface area (TPSA) is 24.5 Å². The number of nitrogens with one attached hydrogen (secondary N) is 1. The Hall–Kier alpha value is -0.770. The third kappa shape index (κ3) is 6.12. The molecule has 0 heterocycles. The molecule has 0 aliphatic rings. The van der Waals surface area contributed by atoms with Crippen LogP contribution in [0, 0.1) is 0 Å². The maximum absolute atomic E-state index is 6.13. The van der Waals surface area contributed by atoms with Gasteiger partial charge in [0.2, 0.25) is 0 Å². The van der Waals surface area contributed by atoms with Crippen LogP contribution in [0.5, 0.6) is 0 Å². The highest BCUT2D eigenvalue weighted by Crippen LogP contribution is 2.24. The Morgan fingerprint density at radius 3 is 2.75 bits per heavy atom. The molecule has 114 valence electrons. The highest BCUT2D eigenvalue weighted by molar-refractivity contribution is 6.30. The van der Waals surface area contributed by atoms with Gasteiger partial charge in [0, 0.05) is 30.8 Å². The van der Waals surface area contributed by atoms with Gasteiger partial charge in [0.1, 0.15) is 0 Å². The zero-order valence-corrected chi connectivity index (χ0v) is 13.8. The van der Waals surface area contributed by atoms with E-state index >= 15 is 0 Å². The maximum Gasteiger partial charge on any atom is 0.0644 e. The van der Waals surface area contributed by atoms with Crippen LogP contribution in [0.2, 0.25) is 5.02 Å². The molecule has 20 heavy (non-hydrogen) atoms. The molecule has 0 fully saturated rings. The number of ether oxygens (including phenoxy) is 1. The normalized spacial score (nSPS) is 11.1. The van der Waals surface area contributed by atoms with Crippen molar-refractivity contribution in [2.24, 2.45) is 0 Å². The first-order chi connectivity index (χ1) is 9.54. The van der Waals surface area contributed by atoms with Gasteiger partial charge in [-0.05, 0) is 44.5 Å². The second-order valence-electron chi connectivity index (χ2n) is 5.29. The predicted molar refractivity (Wildman–Crippen MR) is 87.8 cm³/mol.